The van der Waals surface area contributed by atoms with Crippen LogP contribution < -0.4 is 5.73 Å². The van der Waals surface area contributed by atoms with Gasteiger partial charge in [0.1, 0.15) is 6.61 Å². The Balaban J connectivity index is 2.25. The van der Waals surface area contributed by atoms with Crippen LogP contribution in [0.2, 0.25) is 6.32 Å². The topological polar surface area (TPSA) is 162 Å². The molecule has 1 aliphatic heterocycles. The minimum Gasteiger partial charge on any atom is -0.460 e. The summed E-state index contributed by atoms with van der Waals surface area (Å²) in [6.45, 7) is 1.68. The minimum absolute atomic E-state index is 0.00360. The molecular weight excluding hydrogens is 377 g/mol. The van der Waals surface area contributed by atoms with Gasteiger partial charge in [-0.3, -0.25) is 9.59 Å². The van der Waals surface area contributed by atoms with Crippen LogP contribution in [0, 0.1) is 5.92 Å². The summed E-state index contributed by atoms with van der Waals surface area (Å²) < 4.78 is 5.41. The zero-order valence-electron chi connectivity index (χ0n) is 16.3. The smallest absolute Gasteiger partial charge is 0.451 e. The van der Waals surface area contributed by atoms with E-state index in [2.05, 4.69) is 10.0 Å². The molecule has 1 heterocycles. The van der Waals surface area contributed by atoms with E-state index in [1.807, 2.05) is 18.2 Å². The molecule has 156 valence electrons. The predicted octanol–water partition coefficient (Wildman–Crippen LogP) is 0.838. The van der Waals surface area contributed by atoms with E-state index in [4.69, 9.17) is 16.0 Å². The second kappa shape index (κ2) is 10.3. The maximum Gasteiger partial charge on any atom is 0.451 e. The number of amides is 1. The van der Waals surface area contributed by atoms with Crippen molar-refractivity contribution < 1.29 is 24.4 Å². The molecule has 11 heteroatoms. The highest BCUT2D eigenvalue weighted by Gasteiger charge is 2.48. The van der Waals surface area contributed by atoms with Gasteiger partial charge in [0.15, 0.2) is 5.54 Å². The first-order chi connectivity index (χ1) is 13.8. The van der Waals surface area contributed by atoms with Crippen molar-refractivity contribution >= 4 is 19.0 Å². The summed E-state index contributed by atoms with van der Waals surface area (Å²) >= 11 is 0. The molecule has 1 fully saturated rings. The minimum atomic E-state index is -1.60. The molecule has 0 saturated carbocycles. The molecule has 0 unspecified atom stereocenters. The Morgan fingerprint density at radius 2 is 2.14 bits per heavy atom. The van der Waals surface area contributed by atoms with Gasteiger partial charge in [0.25, 0.3) is 0 Å². The first kappa shape index (κ1) is 22.7. The molecule has 0 bridgehead atoms. The van der Waals surface area contributed by atoms with E-state index in [1.165, 1.54) is 11.8 Å². The van der Waals surface area contributed by atoms with Gasteiger partial charge in [-0.05, 0) is 36.7 Å². The summed E-state index contributed by atoms with van der Waals surface area (Å²) in [5, 5.41) is 22.1. The molecule has 1 amide bonds. The molecule has 1 aliphatic rings. The van der Waals surface area contributed by atoms with Gasteiger partial charge in [0, 0.05) is 18.0 Å². The first-order valence-electron chi connectivity index (χ1n) is 9.45. The van der Waals surface area contributed by atoms with Gasteiger partial charge in [-0.1, -0.05) is 41.9 Å². The van der Waals surface area contributed by atoms with Gasteiger partial charge in [-0.15, -0.1) is 0 Å². The van der Waals surface area contributed by atoms with Crippen LogP contribution in [0.3, 0.4) is 0 Å². The van der Waals surface area contributed by atoms with E-state index < -0.39 is 24.7 Å². The van der Waals surface area contributed by atoms with Gasteiger partial charge in [0.05, 0.1) is 6.04 Å². The van der Waals surface area contributed by atoms with E-state index in [9.17, 15) is 19.6 Å². The van der Waals surface area contributed by atoms with Crippen LogP contribution in [0.15, 0.2) is 35.4 Å². The second-order valence-corrected chi connectivity index (χ2v) is 7.42. The largest absolute Gasteiger partial charge is 0.460 e. The van der Waals surface area contributed by atoms with Gasteiger partial charge in [-0.25, -0.2) is 0 Å². The molecule has 10 nitrogen and oxygen atoms in total. The zero-order chi connectivity index (χ0) is 21.4. The van der Waals surface area contributed by atoms with Gasteiger partial charge >= 0.3 is 13.1 Å². The summed E-state index contributed by atoms with van der Waals surface area (Å²) in [6, 6.07) is 8.27. The molecule has 0 aliphatic carbocycles. The van der Waals surface area contributed by atoms with E-state index >= 15 is 0 Å². The third kappa shape index (κ3) is 6.20. The Hall–Kier alpha value is -2.59. The van der Waals surface area contributed by atoms with Crippen molar-refractivity contribution in [2.45, 2.75) is 44.3 Å². The number of piperidine rings is 1. The van der Waals surface area contributed by atoms with Crippen molar-refractivity contribution in [1.29, 1.82) is 0 Å². The lowest BCUT2D eigenvalue weighted by molar-refractivity contribution is -0.156. The van der Waals surface area contributed by atoms with E-state index in [-0.39, 0.29) is 44.3 Å². The molecule has 29 heavy (non-hydrogen) atoms. The third-order valence-electron chi connectivity index (χ3n) is 4.92. The standard InChI is InChI=1S/C18H26BN5O5/c1-13(20)16(25)24-10-15(7-8-19(27)28)9-18(12-24,22-23-21)17(26)29-11-14-5-3-2-4-6-14/h2-6,13,15,27-28H,7-12,20H2,1H3/t13-,15-,18-/m0/s1. The average Bonchev–Trinajstić information content (AvgIpc) is 2.70. The van der Waals surface area contributed by atoms with Crippen molar-refractivity contribution in [3.8, 4) is 0 Å². The average molecular weight is 403 g/mol. The molecule has 2 rings (SSSR count). The lowest BCUT2D eigenvalue weighted by atomic mass is 9.75. The second-order valence-electron chi connectivity index (χ2n) is 7.42. The third-order valence-corrected chi connectivity index (χ3v) is 4.92. The van der Waals surface area contributed by atoms with Crippen LogP contribution in [0.1, 0.15) is 25.3 Å². The van der Waals surface area contributed by atoms with Crippen LogP contribution in [0.25, 0.3) is 10.4 Å². The van der Waals surface area contributed by atoms with Crippen LogP contribution >= 0.6 is 0 Å². The molecule has 0 radical (unpaired) electrons. The lowest BCUT2D eigenvalue weighted by Gasteiger charge is -2.42. The van der Waals surface area contributed by atoms with Gasteiger partial charge < -0.3 is 25.4 Å². The summed E-state index contributed by atoms with van der Waals surface area (Å²) in [4.78, 5) is 29.7. The number of nitrogens with two attached hydrogens (primary N) is 1. The monoisotopic (exact) mass is 403 g/mol. The quantitative estimate of drug-likeness (QED) is 0.191. The normalized spacial score (nSPS) is 22.3. The number of likely N-dealkylation sites (tertiary alicyclic amines) is 1. The number of azide groups is 1. The Morgan fingerprint density at radius 3 is 2.72 bits per heavy atom. The number of carbonyl (C=O) groups excluding carboxylic acids is 2. The van der Waals surface area contributed by atoms with Crippen LogP contribution in [-0.2, 0) is 20.9 Å². The number of hydrogen-bond donors (Lipinski definition) is 3. The van der Waals surface area contributed by atoms with E-state index in [1.54, 1.807) is 12.1 Å². The zero-order valence-corrected chi connectivity index (χ0v) is 16.3. The van der Waals surface area contributed by atoms with Crippen molar-refractivity contribution in [2.75, 3.05) is 13.1 Å². The molecule has 0 spiro atoms. The SMILES string of the molecule is C[C@H](N)C(=O)N1C[C@@H](CCB(O)O)C[C@@](N=[N+]=[N-])(C(=O)OCc2ccccc2)C1. The number of esters is 1. The van der Waals surface area contributed by atoms with Crippen molar-refractivity contribution in [2.24, 2.45) is 16.8 Å². The fourth-order valence-corrected chi connectivity index (χ4v) is 3.54. The molecule has 4 N–H and O–H groups in total. The summed E-state index contributed by atoms with van der Waals surface area (Å²) in [5.41, 5.74) is 14.0. The number of nitrogens with zero attached hydrogens (tertiary/aromatic N) is 4. The van der Waals surface area contributed by atoms with E-state index in [0.717, 1.165) is 5.56 Å². The molecule has 1 aromatic rings. The number of benzene rings is 1. The number of carbonyl (C=O) groups is 2. The maximum atomic E-state index is 12.9. The molecular formula is C18H26BN5O5. The molecule has 1 aromatic carbocycles. The van der Waals surface area contributed by atoms with Crippen molar-refractivity contribution in [3.05, 3.63) is 46.3 Å². The highest BCUT2D eigenvalue weighted by molar-refractivity contribution is 6.40. The van der Waals surface area contributed by atoms with Gasteiger partial charge in [0.2, 0.25) is 5.91 Å². The van der Waals surface area contributed by atoms with Crippen molar-refractivity contribution in [1.82, 2.24) is 4.90 Å². The summed E-state index contributed by atoms with van der Waals surface area (Å²) in [7, 11) is -1.51. The highest BCUT2D eigenvalue weighted by atomic mass is 16.5. The molecule has 0 aromatic heterocycles. The molecule has 1 saturated heterocycles. The predicted molar refractivity (Wildman–Crippen MR) is 106 cm³/mol. The summed E-state index contributed by atoms with van der Waals surface area (Å²) in [6.07, 6.45) is 0.533. The first-order valence-corrected chi connectivity index (χ1v) is 9.45. The molecule has 3 atom stereocenters. The van der Waals surface area contributed by atoms with Crippen LogP contribution in [-0.4, -0.2) is 58.6 Å². The van der Waals surface area contributed by atoms with Gasteiger partial charge in [-0.2, -0.15) is 0 Å². The number of hydrogen-bond acceptors (Lipinski definition) is 7. The number of rotatable bonds is 8. The lowest BCUT2D eigenvalue weighted by Crippen LogP contribution is -2.59. The fourth-order valence-electron chi connectivity index (χ4n) is 3.54. The highest BCUT2D eigenvalue weighted by Crippen LogP contribution is 2.34. The van der Waals surface area contributed by atoms with E-state index in [0.29, 0.717) is 6.42 Å². The maximum absolute atomic E-state index is 12.9. The Morgan fingerprint density at radius 1 is 1.45 bits per heavy atom. The van der Waals surface area contributed by atoms with Crippen LogP contribution in [0.4, 0.5) is 0 Å². The Bertz CT molecular complexity index is 756. The fraction of sp³-hybridized carbons (Fsp3) is 0.556. The van der Waals surface area contributed by atoms with Crippen LogP contribution in [0.5, 0.6) is 0 Å². The van der Waals surface area contributed by atoms with Crippen molar-refractivity contribution in [3.63, 3.8) is 0 Å². The summed E-state index contributed by atoms with van der Waals surface area (Å²) in [5.74, 6) is -1.40. The number of ether oxygens (including phenoxy) is 1. The Kier molecular flexibility index (Phi) is 8.04. The Labute approximate surface area is 169 Å².